The first kappa shape index (κ1) is 36.5. The molecule has 0 bridgehead atoms. The van der Waals surface area contributed by atoms with E-state index in [1.54, 1.807) is 45.7 Å². The molecule has 0 spiro atoms. The van der Waals surface area contributed by atoms with Crippen molar-refractivity contribution in [2.24, 2.45) is 0 Å². The van der Waals surface area contributed by atoms with Gasteiger partial charge < -0.3 is 30.3 Å². The third kappa shape index (κ3) is 8.69. The molecule has 0 aliphatic carbocycles. The average Bonchev–Trinajstić information content (AvgIpc) is 3.12. The molecule has 2 heterocycles. The van der Waals surface area contributed by atoms with Gasteiger partial charge in [0.25, 0.3) is 0 Å². The number of carboxylic acid groups (broad SMARTS) is 2. The lowest BCUT2D eigenvalue weighted by Gasteiger charge is -2.13. The summed E-state index contributed by atoms with van der Waals surface area (Å²) in [5, 5.41) is 24.8. The lowest BCUT2D eigenvalue weighted by Crippen LogP contribution is -2.05. The minimum Gasteiger partial charge on any atom is -0.497 e. The molecule has 0 atom stereocenters. The Balaban J connectivity index is 0.000000201. The molecule has 0 aliphatic rings. The molecule has 0 amide bonds. The van der Waals surface area contributed by atoms with Crippen LogP contribution in [-0.2, 0) is 0 Å². The second-order valence-electron chi connectivity index (χ2n) is 11.8. The first-order valence-electron chi connectivity index (χ1n) is 16.1. The van der Waals surface area contributed by atoms with Gasteiger partial charge in [0.05, 0.1) is 71.9 Å². The number of rotatable bonds is 10. The summed E-state index contributed by atoms with van der Waals surface area (Å²) in [7, 11) is 3.24. The number of methoxy groups -OCH3 is 2. The largest absolute Gasteiger partial charge is 0.497 e. The second kappa shape index (κ2) is 16.3. The SMILES string of the molecule is COc1cccc(-c2ncc(Nc3ccc(F)cc3C(=O)O)cc2C)c1.COc1cccc(-c2ncc(Nc3cccc(C)c3C(=O)O)cc2C)c1. The van der Waals surface area contributed by atoms with Crippen molar-refractivity contribution in [2.45, 2.75) is 20.8 Å². The van der Waals surface area contributed by atoms with Gasteiger partial charge in [-0.2, -0.15) is 0 Å². The molecule has 2 aromatic heterocycles. The van der Waals surface area contributed by atoms with Crippen LogP contribution in [0.15, 0.2) is 109 Å². The van der Waals surface area contributed by atoms with E-state index in [1.807, 2.05) is 80.6 Å². The predicted octanol–water partition coefficient (Wildman–Crippen LogP) is 9.46. The maximum Gasteiger partial charge on any atom is 0.338 e. The number of carboxylic acids is 2. The zero-order chi connectivity index (χ0) is 37.4. The number of aryl methyl sites for hydroxylation is 3. The number of benzene rings is 4. The summed E-state index contributed by atoms with van der Waals surface area (Å²) in [6.45, 7) is 5.67. The maximum atomic E-state index is 13.3. The smallest absolute Gasteiger partial charge is 0.338 e. The molecule has 6 aromatic rings. The van der Waals surface area contributed by atoms with E-state index in [2.05, 4.69) is 20.6 Å². The Hall–Kier alpha value is -6.75. The molecule has 0 radical (unpaired) electrons. The summed E-state index contributed by atoms with van der Waals surface area (Å²) >= 11 is 0. The summed E-state index contributed by atoms with van der Waals surface area (Å²) in [4.78, 5) is 31.9. The Labute approximate surface area is 300 Å². The zero-order valence-corrected chi connectivity index (χ0v) is 29.2. The van der Waals surface area contributed by atoms with Crippen LogP contribution in [0.25, 0.3) is 22.5 Å². The molecule has 52 heavy (non-hydrogen) atoms. The predicted molar refractivity (Wildman–Crippen MR) is 200 cm³/mol. The number of pyridine rings is 2. The summed E-state index contributed by atoms with van der Waals surface area (Å²) in [5.74, 6) is -1.25. The van der Waals surface area contributed by atoms with E-state index >= 15 is 0 Å². The quantitative estimate of drug-likeness (QED) is 0.109. The highest BCUT2D eigenvalue weighted by molar-refractivity contribution is 5.97. The summed E-state index contributed by atoms with van der Waals surface area (Å²) in [6, 6.07) is 28.1. The van der Waals surface area contributed by atoms with Crippen LogP contribution >= 0.6 is 0 Å². The van der Waals surface area contributed by atoms with Gasteiger partial charge in [0.1, 0.15) is 17.3 Å². The lowest BCUT2D eigenvalue weighted by atomic mass is 10.0. The molecular weight excluding hydrogens is 663 g/mol. The Bertz CT molecular complexity index is 2260. The third-order valence-electron chi connectivity index (χ3n) is 8.10. The number of halogens is 1. The van der Waals surface area contributed by atoms with Crippen molar-refractivity contribution < 1.29 is 33.7 Å². The number of carbonyl (C=O) groups is 2. The van der Waals surface area contributed by atoms with Crippen LogP contribution < -0.4 is 20.1 Å². The summed E-state index contributed by atoms with van der Waals surface area (Å²) in [5.41, 5.74) is 8.46. The second-order valence-corrected chi connectivity index (χ2v) is 11.8. The number of ether oxygens (including phenoxy) is 2. The monoisotopic (exact) mass is 700 g/mol. The van der Waals surface area contributed by atoms with E-state index in [-0.39, 0.29) is 11.1 Å². The van der Waals surface area contributed by atoms with Crippen LogP contribution in [0, 0.1) is 26.6 Å². The van der Waals surface area contributed by atoms with Crippen molar-refractivity contribution in [1.82, 2.24) is 9.97 Å². The van der Waals surface area contributed by atoms with E-state index < -0.39 is 17.8 Å². The van der Waals surface area contributed by atoms with Crippen molar-refractivity contribution in [2.75, 3.05) is 24.9 Å². The molecule has 0 fully saturated rings. The number of nitrogens with zero attached hydrogens (tertiary/aromatic N) is 2. The Morgan fingerprint density at radius 3 is 1.62 bits per heavy atom. The van der Waals surface area contributed by atoms with E-state index in [0.29, 0.717) is 22.6 Å². The molecule has 10 nitrogen and oxygen atoms in total. The Morgan fingerprint density at radius 1 is 0.615 bits per heavy atom. The molecular formula is C41H37FN4O6. The van der Waals surface area contributed by atoms with Crippen LogP contribution in [0.5, 0.6) is 11.5 Å². The van der Waals surface area contributed by atoms with Gasteiger partial charge >= 0.3 is 11.9 Å². The van der Waals surface area contributed by atoms with Gasteiger partial charge in [-0.1, -0.05) is 36.4 Å². The van der Waals surface area contributed by atoms with Crippen LogP contribution in [0.2, 0.25) is 0 Å². The normalized spacial score (nSPS) is 10.4. The van der Waals surface area contributed by atoms with Gasteiger partial charge in [0, 0.05) is 11.1 Å². The molecule has 0 unspecified atom stereocenters. The number of hydrogen-bond acceptors (Lipinski definition) is 8. The fourth-order valence-electron chi connectivity index (χ4n) is 5.60. The highest BCUT2D eigenvalue weighted by Gasteiger charge is 2.15. The first-order chi connectivity index (χ1) is 25.0. The topological polar surface area (TPSA) is 143 Å². The number of aromatic carboxylic acids is 2. The van der Waals surface area contributed by atoms with Crippen molar-refractivity contribution >= 4 is 34.7 Å². The summed E-state index contributed by atoms with van der Waals surface area (Å²) < 4.78 is 23.8. The van der Waals surface area contributed by atoms with E-state index in [4.69, 9.17) is 9.47 Å². The molecule has 0 saturated heterocycles. The van der Waals surface area contributed by atoms with E-state index in [0.717, 1.165) is 56.9 Å². The van der Waals surface area contributed by atoms with Gasteiger partial charge in [0.15, 0.2) is 0 Å². The highest BCUT2D eigenvalue weighted by atomic mass is 19.1. The number of nitrogens with one attached hydrogen (secondary N) is 2. The third-order valence-corrected chi connectivity index (χ3v) is 8.10. The number of anilines is 4. The zero-order valence-electron chi connectivity index (χ0n) is 29.2. The Kier molecular flexibility index (Phi) is 11.5. The van der Waals surface area contributed by atoms with Crippen molar-refractivity contribution in [3.63, 3.8) is 0 Å². The molecule has 0 aliphatic heterocycles. The number of hydrogen-bond donors (Lipinski definition) is 4. The first-order valence-corrected chi connectivity index (χ1v) is 16.1. The van der Waals surface area contributed by atoms with Gasteiger partial charge in [-0.15, -0.1) is 0 Å². The summed E-state index contributed by atoms with van der Waals surface area (Å²) in [6.07, 6.45) is 3.31. The minimum absolute atomic E-state index is 0.139. The molecule has 4 N–H and O–H groups in total. The minimum atomic E-state index is -1.20. The molecule has 6 rings (SSSR count). The molecule has 264 valence electrons. The van der Waals surface area contributed by atoms with Crippen LogP contribution in [0.1, 0.15) is 37.4 Å². The van der Waals surface area contributed by atoms with Crippen LogP contribution in [0.4, 0.5) is 27.1 Å². The number of aromatic nitrogens is 2. The van der Waals surface area contributed by atoms with Gasteiger partial charge in [-0.25, -0.2) is 14.0 Å². The lowest BCUT2D eigenvalue weighted by molar-refractivity contribution is 0.0686. The molecule has 0 saturated carbocycles. The van der Waals surface area contributed by atoms with Crippen molar-refractivity contribution in [3.8, 4) is 34.0 Å². The maximum absolute atomic E-state index is 13.3. The van der Waals surface area contributed by atoms with Gasteiger partial charge in [-0.3, -0.25) is 9.97 Å². The van der Waals surface area contributed by atoms with Gasteiger partial charge in [0.2, 0.25) is 0 Å². The average molecular weight is 701 g/mol. The Morgan fingerprint density at radius 2 is 1.13 bits per heavy atom. The van der Waals surface area contributed by atoms with Crippen molar-refractivity contribution in [3.05, 3.63) is 143 Å². The fourth-order valence-corrected chi connectivity index (χ4v) is 5.60. The molecule has 11 heteroatoms. The van der Waals surface area contributed by atoms with Crippen LogP contribution in [-0.4, -0.2) is 46.3 Å². The van der Waals surface area contributed by atoms with Gasteiger partial charge in [-0.05, 0) is 98.1 Å². The standard InChI is InChI=1S/C21H20N2O3.C20H17FN2O3/c1-13-6-4-9-18(19(13)21(24)25)23-16-10-14(2)20(22-12-16)15-7-5-8-17(11-15)26-3;1-12-8-15(23-18-7-6-14(21)10-17(18)20(24)25)11-22-19(12)13-4-3-5-16(9-13)26-2/h4-12,23H,1-3H3,(H,24,25);3-11,23H,1-2H3,(H,24,25). The highest BCUT2D eigenvalue weighted by Crippen LogP contribution is 2.30. The van der Waals surface area contributed by atoms with E-state index in [1.165, 1.54) is 12.1 Å². The molecule has 4 aromatic carbocycles. The fraction of sp³-hybridized carbons (Fsp3) is 0.122. The van der Waals surface area contributed by atoms with E-state index in [9.17, 15) is 24.2 Å². The van der Waals surface area contributed by atoms with Crippen molar-refractivity contribution in [1.29, 1.82) is 0 Å². The van der Waals surface area contributed by atoms with Crippen LogP contribution in [0.3, 0.4) is 0 Å².